The molecule has 0 aliphatic carbocycles. The van der Waals surface area contributed by atoms with Crippen molar-refractivity contribution in [1.29, 1.82) is 0 Å². The van der Waals surface area contributed by atoms with Gasteiger partial charge in [0, 0.05) is 0 Å². The monoisotopic (exact) mass is 360 g/mol. The normalized spacial score (nSPS) is 14.2. The van der Waals surface area contributed by atoms with Crippen LogP contribution in [0.15, 0.2) is 6.99 Å². The van der Waals surface area contributed by atoms with Gasteiger partial charge in [-0.05, 0) is 0 Å². The molecule has 0 N–H and O–H groups in total. The molecule has 0 saturated heterocycles. The summed E-state index contributed by atoms with van der Waals surface area (Å²) in [6.07, 6.45) is 0. The maximum absolute atomic E-state index is 13.3. The zero-order valence-electron chi connectivity index (χ0n) is 9.68. The van der Waals surface area contributed by atoms with E-state index in [2.05, 4.69) is 6.99 Å². The smallest absolute Gasteiger partial charge is 0.358 e. The van der Waals surface area contributed by atoms with Gasteiger partial charge in [0.15, 0.2) is 0 Å². The predicted molar refractivity (Wildman–Crippen MR) is 51.9 cm³/mol. The van der Waals surface area contributed by atoms with Crippen LogP contribution in [0, 0.1) is 7.43 Å². The van der Waals surface area contributed by atoms with Crippen molar-refractivity contribution in [2.75, 3.05) is 0 Å². The molecular formula is C9H21FN2W-. The second-order valence-electron chi connectivity index (χ2n) is 4.74. The van der Waals surface area contributed by atoms with Gasteiger partial charge in [0.05, 0.1) is 0 Å². The SMILES string of the molecule is CC(C)(C)[N]=[W]([F])=[N]C(C)(C)C.[CH3-]. The van der Waals surface area contributed by atoms with Crippen molar-refractivity contribution in [3.8, 4) is 0 Å². The van der Waals surface area contributed by atoms with E-state index in [1.54, 1.807) is 0 Å². The summed E-state index contributed by atoms with van der Waals surface area (Å²) in [5.74, 6) is 0. The fourth-order valence-electron chi connectivity index (χ4n) is 0.472. The Labute approximate surface area is 87.8 Å². The standard InChI is InChI=1S/2C4H9N.CH3.FH.W/c2*1-4(2,3)5;;;/h2*1-3H3;1H3;1H;/q;;-1;;+1/p-1. The molecule has 0 aliphatic rings. The van der Waals surface area contributed by atoms with E-state index in [4.69, 9.17) is 0 Å². The van der Waals surface area contributed by atoms with Crippen molar-refractivity contribution in [2.45, 2.75) is 52.6 Å². The predicted octanol–water partition coefficient (Wildman–Crippen LogP) is 3.90. The van der Waals surface area contributed by atoms with Crippen molar-refractivity contribution in [2.24, 2.45) is 6.99 Å². The van der Waals surface area contributed by atoms with Crippen LogP contribution in [0.3, 0.4) is 0 Å². The van der Waals surface area contributed by atoms with Gasteiger partial charge in [-0.2, -0.15) is 0 Å². The van der Waals surface area contributed by atoms with Gasteiger partial charge in [0.25, 0.3) is 0 Å². The average Bonchev–Trinajstić information content (AvgIpc) is 1.49. The first-order chi connectivity index (χ1) is 5.10. The summed E-state index contributed by atoms with van der Waals surface area (Å²) in [5.41, 5.74) is -0.533. The molecule has 0 saturated carbocycles. The van der Waals surface area contributed by atoms with E-state index in [0.29, 0.717) is 0 Å². The summed E-state index contributed by atoms with van der Waals surface area (Å²) in [6, 6.07) is 0. The van der Waals surface area contributed by atoms with E-state index in [-0.39, 0.29) is 18.5 Å². The number of halogens is 1. The van der Waals surface area contributed by atoms with E-state index < -0.39 is 17.5 Å². The van der Waals surface area contributed by atoms with Crippen molar-refractivity contribution < 1.29 is 20.6 Å². The number of nitrogens with zero attached hydrogens (tertiary/aromatic N) is 2. The van der Waals surface area contributed by atoms with Gasteiger partial charge >= 0.3 is 80.2 Å². The third-order valence-corrected chi connectivity index (χ3v) is 5.72. The number of hydrogen-bond acceptors (Lipinski definition) is 2. The van der Waals surface area contributed by atoms with E-state index in [0.717, 1.165) is 0 Å². The molecular weight excluding hydrogens is 339 g/mol. The molecule has 0 bridgehead atoms. The van der Waals surface area contributed by atoms with Crippen LogP contribution in [-0.2, 0) is 17.5 Å². The minimum Gasteiger partial charge on any atom is -0.358 e. The average molecular weight is 360 g/mol. The van der Waals surface area contributed by atoms with Gasteiger partial charge in [0.1, 0.15) is 0 Å². The fraction of sp³-hybridized carbons (Fsp3) is 0.889. The second-order valence-corrected chi connectivity index (χ2v) is 7.63. The van der Waals surface area contributed by atoms with Crippen molar-refractivity contribution in [3.63, 3.8) is 0 Å². The Hall–Kier alpha value is 0.218. The van der Waals surface area contributed by atoms with Crippen LogP contribution in [-0.4, -0.2) is 11.1 Å². The second kappa shape index (κ2) is 5.19. The molecule has 81 valence electrons. The summed E-state index contributed by atoms with van der Waals surface area (Å²) in [5, 5.41) is 0. The molecule has 4 heteroatoms. The Bertz CT molecular complexity index is 205. The van der Waals surface area contributed by atoms with Gasteiger partial charge < -0.3 is 7.43 Å². The summed E-state index contributed by atoms with van der Waals surface area (Å²) >= 11 is -3.22. The first-order valence-electron chi connectivity index (χ1n) is 3.97. The van der Waals surface area contributed by atoms with Gasteiger partial charge in [-0.15, -0.1) is 0 Å². The van der Waals surface area contributed by atoms with Gasteiger partial charge in [0.2, 0.25) is 0 Å². The van der Waals surface area contributed by atoms with E-state index >= 15 is 0 Å². The topological polar surface area (TPSA) is 24.7 Å². The molecule has 0 radical (unpaired) electrons. The molecule has 0 aromatic rings. The molecule has 2 nitrogen and oxygen atoms in total. The summed E-state index contributed by atoms with van der Waals surface area (Å²) < 4.78 is 21.4. The molecule has 0 aromatic carbocycles. The van der Waals surface area contributed by atoms with Crippen LogP contribution in [0.5, 0.6) is 0 Å². The summed E-state index contributed by atoms with van der Waals surface area (Å²) in [6.45, 7) is 11.4. The summed E-state index contributed by atoms with van der Waals surface area (Å²) in [7, 11) is 0. The third-order valence-electron chi connectivity index (χ3n) is 0.698. The Morgan fingerprint density at radius 2 is 1.08 bits per heavy atom. The molecule has 0 aromatic heterocycles. The molecule has 0 fully saturated rings. The maximum atomic E-state index is 13.3. The zero-order chi connectivity index (χ0) is 9.99. The largest absolute Gasteiger partial charge is 0.358 e. The van der Waals surface area contributed by atoms with Crippen molar-refractivity contribution >= 4 is 0 Å². The molecule has 0 unspecified atom stereocenters. The van der Waals surface area contributed by atoms with Crippen LogP contribution in [0.4, 0.5) is 3.16 Å². The molecule has 0 atom stereocenters. The van der Waals surface area contributed by atoms with E-state index in [1.165, 1.54) is 0 Å². The van der Waals surface area contributed by atoms with Crippen LogP contribution in [0.2, 0.25) is 0 Å². The van der Waals surface area contributed by atoms with Crippen molar-refractivity contribution in [3.05, 3.63) is 7.43 Å². The van der Waals surface area contributed by atoms with Crippen LogP contribution < -0.4 is 0 Å². The Balaban J connectivity index is 0. The molecule has 0 spiro atoms. The molecule has 0 aliphatic heterocycles. The minimum absolute atomic E-state index is 0. The number of rotatable bonds is 0. The molecule has 0 amide bonds. The van der Waals surface area contributed by atoms with Gasteiger partial charge in [-0.1, -0.05) is 0 Å². The first kappa shape index (κ1) is 15.7. The molecule has 0 rings (SSSR count). The third kappa shape index (κ3) is 12.2. The Morgan fingerprint density at radius 3 is 1.23 bits per heavy atom. The van der Waals surface area contributed by atoms with Crippen LogP contribution in [0.1, 0.15) is 41.5 Å². The van der Waals surface area contributed by atoms with Crippen LogP contribution in [0.25, 0.3) is 0 Å². The minimum atomic E-state index is -3.22. The first-order valence-corrected chi connectivity index (χ1v) is 7.70. The van der Waals surface area contributed by atoms with Gasteiger partial charge in [-0.3, -0.25) is 0 Å². The summed E-state index contributed by atoms with van der Waals surface area (Å²) in [4.78, 5) is 0. The molecule has 0 heterocycles. The van der Waals surface area contributed by atoms with E-state index in [1.807, 2.05) is 41.5 Å². The molecule has 13 heavy (non-hydrogen) atoms. The number of hydrogen-bond donors (Lipinski definition) is 0. The van der Waals surface area contributed by atoms with E-state index in [9.17, 15) is 3.16 Å². The zero-order valence-corrected chi connectivity index (χ0v) is 12.6. The van der Waals surface area contributed by atoms with Crippen molar-refractivity contribution in [1.82, 2.24) is 0 Å². The quantitative estimate of drug-likeness (QED) is 0.586. The Morgan fingerprint density at radius 1 is 0.846 bits per heavy atom. The fourth-order valence-corrected chi connectivity index (χ4v) is 3.87. The van der Waals surface area contributed by atoms with Crippen LogP contribution >= 0.6 is 0 Å². The van der Waals surface area contributed by atoms with Gasteiger partial charge in [-0.25, -0.2) is 0 Å². The maximum Gasteiger partial charge on any atom is -0.358 e. The Kier molecular flexibility index (Phi) is 6.26.